The largest absolute Gasteiger partial charge is 0.492 e. The number of aromatic nitrogens is 4. The average molecular weight is 471 g/mol. The fourth-order valence-electron chi connectivity index (χ4n) is 3.67. The number of hydrogen-bond donors (Lipinski definition) is 0. The first-order valence-electron chi connectivity index (χ1n) is 10.9. The van der Waals surface area contributed by atoms with E-state index in [-0.39, 0.29) is 5.56 Å². The molecule has 3 aromatic carbocycles. The summed E-state index contributed by atoms with van der Waals surface area (Å²) in [7, 11) is 0. The molecule has 8 heteroatoms. The molecule has 0 amide bonds. The van der Waals surface area contributed by atoms with Crippen molar-refractivity contribution in [2.24, 2.45) is 0 Å². The lowest BCUT2D eigenvalue weighted by atomic mass is 10.1. The van der Waals surface area contributed by atoms with Gasteiger partial charge in [0.15, 0.2) is 11.0 Å². The molecule has 34 heavy (non-hydrogen) atoms. The van der Waals surface area contributed by atoms with Gasteiger partial charge in [0.1, 0.15) is 5.75 Å². The Balaban J connectivity index is 1.49. The van der Waals surface area contributed by atoms with E-state index in [0.29, 0.717) is 58.0 Å². The molecule has 0 fully saturated rings. The summed E-state index contributed by atoms with van der Waals surface area (Å²) in [5, 5.41) is 5.17. The molecule has 2 heterocycles. The van der Waals surface area contributed by atoms with Crippen molar-refractivity contribution in [3.8, 4) is 11.4 Å². The van der Waals surface area contributed by atoms with E-state index in [0.717, 1.165) is 5.56 Å². The second-order valence-corrected chi connectivity index (χ2v) is 8.45. The lowest BCUT2D eigenvalue weighted by Crippen LogP contribution is -2.22. The molecular formula is C26H22N4O3S. The number of nitrogens with zero attached hydrogens (tertiary/aromatic N) is 4. The van der Waals surface area contributed by atoms with Crippen molar-refractivity contribution in [1.29, 1.82) is 0 Å². The van der Waals surface area contributed by atoms with Crippen LogP contribution in [0.3, 0.4) is 0 Å². The van der Waals surface area contributed by atoms with Crippen LogP contribution >= 0.6 is 11.8 Å². The van der Waals surface area contributed by atoms with Gasteiger partial charge in [-0.15, -0.1) is 0 Å². The van der Waals surface area contributed by atoms with E-state index in [2.05, 4.69) is 10.1 Å². The van der Waals surface area contributed by atoms with Crippen LogP contribution in [-0.2, 0) is 12.2 Å². The number of thioether (sulfide) groups is 1. The molecule has 5 aromatic rings. The van der Waals surface area contributed by atoms with Gasteiger partial charge in [-0.1, -0.05) is 71.5 Å². The van der Waals surface area contributed by atoms with Crippen LogP contribution in [0.15, 0.2) is 93.3 Å². The van der Waals surface area contributed by atoms with Gasteiger partial charge in [-0.05, 0) is 36.8 Å². The molecule has 0 aliphatic carbocycles. The Morgan fingerprint density at radius 2 is 1.71 bits per heavy atom. The van der Waals surface area contributed by atoms with E-state index in [9.17, 15) is 4.79 Å². The van der Waals surface area contributed by atoms with Gasteiger partial charge in [-0.3, -0.25) is 9.36 Å². The summed E-state index contributed by atoms with van der Waals surface area (Å²) < 4.78 is 12.9. The third-order valence-corrected chi connectivity index (χ3v) is 6.11. The molecule has 170 valence electrons. The van der Waals surface area contributed by atoms with E-state index < -0.39 is 0 Å². The van der Waals surface area contributed by atoms with E-state index >= 15 is 0 Å². The van der Waals surface area contributed by atoms with Crippen molar-refractivity contribution in [3.05, 3.63) is 106 Å². The number of fused-ring (bicyclic) bond motifs is 1. The number of rotatable bonds is 8. The molecule has 0 saturated heterocycles. The van der Waals surface area contributed by atoms with Crippen LogP contribution < -0.4 is 10.3 Å². The van der Waals surface area contributed by atoms with Gasteiger partial charge in [0, 0.05) is 6.42 Å². The van der Waals surface area contributed by atoms with Crippen molar-refractivity contribution >= 4 is 22.7 Å². The van der Waals surface area contributed by atoms with Crippen molar-refractivity contribution in [2.45, 2.75) is 24.3 Å². The Morgan fingerprint density at radius 3 is 2.56 bits per heavy atom. The summed E-state index contributed by atoms with van der Waals surface area (Å²) in [6.45, 7) is 2.40. The van der Waals surface area contributed by atoms with E-state index in [1.54, 1.807) is 10.6 Å². The van der Waals surface area contributed by atoms with Gasteiger partial charge < -0.3 is 9.26 Å². The van der Waals surface area contributed by atoms with E-state index in [4.69, 9.17) is 14.2 Å². The maximum Gasteiger partial charge on any atom is 0.266 e. The summed E-state index contributed by atoms with van der Waals surface area (Å²) in [5.41, 5.74) is 2.23. The molecule has 0 saturated carbocycles. The molecule has 0 bridgehead atoms. The quantitative estimate of drug-likeness (QED) is 0.232. The Kier molecular flexibility index (Phi) is 6.40. The Bertz CT molecular complexity index is 1480. The zero-order valence-corrected chi connectivity index (χ0v) is 19.4. The summed E-state index contributed by atoms with van der Waals surface area (Å²) in [5.74, 6) is 2.09. The van der Waals surface area contributed by atoms with Gasteiger partial charge in [-0.2, -0.15) is 4.98 Å². The third kappa shape index (κ3) is 4.58. The molecule has 7 nitrogen and oxygen atoms in total. The first-order chi connectivity index (χ1) is 16.7. The zero-order valence-electron chi connectivity index (χ0n) is 18.5. The average Bonchev–Trinajstić information content (AvgIpc) is 3.31. The number of hydrogen-bond acceptors (Lipinski definition) is 7. The molecule has 0 atom stereocenters. The Labute approximate surface area is 200 Å². The Hall–Kier alpha value is -3.91. The van der Waals surface area contributed by atoms with Gasteiger partial charge in [-0.25, -0.2) is 4.98 Å². The van der Waals surface area contributed by atoms with Crippen LogP contribution in [0, 0.1) is 0 Å². The van der Waals surface area contributed by atoms with Crippen molar-refractivity contribution in [3.63, 3.8) is 0 Å². The van der Waals surface area contributed by atoms with Gasteiger partial charge in [0.2, 0.25) is 5.89 Å². The fraction of sp³-hybridized carbons (Fsp3) is 0.154. The minimum absolute atomic E-state index is 0.157. The maximum atomic E-state index is 13.5. The molecule has 0 N–H and O–H groups in total. The highest BCUT2D eigenvalue weighted by molar-refractivity contribution is 7.98. The Morgan fingerprint density at radius 1 is 0.941 bits per heavy atom. The second kappa shape index (κ2) is 9.93. The summed E-state index contributed by atoms with van der Waals surface area (Å²) >= 11 is 1.37. The smallest absolute Gasteiger partial charge is 0.266 e. The van der Waals surface area contributed by atoms with Gasteiger partial charge in [0.25, 0.3) is 5.56 Å². The molecule has 0 radical (unpaired) electrons. The topological polar surface area (TPSA) is 83.0 Å². The van der Waals surface area contributed by atoms with Crippen molar-refractivity contribution in [2.75, 3.05) is 6.61 Å². The highest BCUT2D eigenvalue weighted by Gasteiger charge is 2.18. The van der Waals surface area contributed by atoms with Crippen molar-refractivity contribution in [1.82, 2.24) is 19.7 Å². The van der Waals surface area contributed by atoms with Crippen LogP contribution in [-0.4, -0.2) is 26.3 Å². The third-order valence-electron chi connectivity index (χ3n) is 5.19. The number of para-hydroxylation sites is 3. The highest BCUT2D eigenvalue weighted by atomic mass is 32.2. The molecular weight excluding hydrogens is 448 g/mol. The molecule has 0 aliphatic heterocycles. The normalized spacial score (nSPS) is 11.1. The van der Waals surface area contributed by atoms with Crippen LogP contribution in [0.4, 0.5) is 0 Å². The first kappa shape index (κ1) is 21.9. The summed E-state index contributed by atoms with van der Waals surface area (Å²) in [6, 6.07) is 24.8. The molecule has 0 unspecified atom stereocenters. The monoisotopic (exact) mass is 470 g/mol. The SMILES string of the molecule is CCOc1ccccc1-n1c(SCc2nc(Cc3ccccc3)no2)nc2ccccc2c1=O. The van der Waals surface area contributed by atoms with Crippen LogP contribution in [0.25, 0.3) is 16.6 Å². The van der Waals surface area contributed by atoms with Crippen LogP contribution in [0.2, 0.25) is 0 Å². The zero-order chi connectivity index (χ0) is 23.3. The van der Waals surface area contributed by atoms with Crippen LogP contribution in [0.1, 0.15) is 24.2 Å². The minimum Gasteiger partial charge on any atom is -0.492 e. The minimum atomic E-state index is -0.157. The lowest BCUT2D eigenvalue weighted by molar-refractivity contribution is 0.338. The van der Waals surface area contributed by atoms with E-state index in [1.807, 2.05) is 79.7 Å². The molecule has 2 aromatic heterocycles. The van der Waals surface area contributed by atoms with Gasteiger partial charge in [0.05, 0.1) is 29.0 Å². The van der Waals surface area contributed by atoms with Crippen LogP contribution in [0.5, 0.6) is 5.75 Å². The number of ether oxygens (including phenoxy) is 1. The molecule has 0 spiro atoms. The molecule has 5 rings (SSSR count). The summed E-state index contributed by atoms with van der Waals surface area (Å²) in [6.07, 6.45) is 0.593. The predicted molar refractivity (Wildman–Crippen MR) is 132 cm³/mol. The lowest BCUT2D eigenvalue weighted by Gasteiger charge is -2.16. The summed E-state index contributed by atoms with van der Waals surface area (Å²) in [4.78, 5) is 22.8. The first-order valence-corrected chi connectivity index (χ1v) is 11.9. The highest BCUT2D eigenvalue weighted by Crippen LogP contribution is 2.28. The van der Waals surface area contributed by atoms with E-state index in [1.165, 1.54) is 11.8 Å². The predicted octanol–water partition coefficient (Wildman–Crippen LogP) is 5.05. The number of benzene rings is 3. The standard InChI is InChI=1S/C26H22N4O3S/c1-2-32-22-15-9-8-14-21(22)30-25(31)19-12-6-7-13-20(19)27-26(30)34-17-24-28-23(29-33-24)16-18-10-4-3-5-11-18/h3-15H,2,16-17H2,1H3. The van der Waals surface area contributed by atoms with Crippen molar-refractivity contribution < 1.29 is 9.26 Å². The molecule has 0 aliphatic rings. The van der Waals surface area contributed by atoms with Gasteiger partial charge >= 0.3 is 0 Å². The maximum absolute atomic E-state index is 13.5. The second-order valence-electron chi connectivity index (χ2n) is 7.51. The fourth-order valence-corrected chi connectivity index (χ4v) is 4.51.